The lowest BCUT2D eigenvalue weighted by Gasteiger charge is -2.19. The van der Waals surface area contributed by atoms with Gasteiger partial charge in [-0.2, -0.15) is 4.72 Å². The van der Waals surface area contributed by atoms with E-state index in [9.17, 15) is 13.2 Å². The summed E-state index contributed by atoms with van der Waals surface area (Å²) >= 11 is 0. The Balaban J connectivity index is 1.43. The number of carbonyl (C=O) groups is 1. The van der Waals surface area contributed by atoms with Gasteiger partial charge in [0.25, 0.3) is 0 Å². The maximum absolute atomic E-state index is 12.8. The number of hydrogen-bond donors (Lipinski definition) is 1. The standard InChI is InChI=1S/C27H29N3O5S/c1-18(2)26(27(31)34-4)29-36(32,33)22-15-11-20(12-16-22)19-9-13-21(14-10-19)35-17-25-28-23-7-5-6-8-24(23)30(25)3/h5-16,18,26,29H,17H2,1-4H3/t26-/m1/s1. The van der Waals surface area contributed by atoms with Crippen molar-refractivity contribution in [2.45, 2.75) is 31.4 Å². The molecule has 0 aliphatic heterocycles. The number of aryl methyl sites for hydroxylation is 1. The van der Waals surface area contributed by atoms with Crippen LogP contribution in [-0.2, 0) is 33.2 Å². The lowest BCUT2D eigenvalue weighted by molar-refractivity contribution is -0.143. The highest BCUT2D eigenvalue weighted by molar-refractivity contribution is 7.89. The monoisotopic (exact) mass is 507 g/mol. The number of nitrogens with zero attached hydrogens (tertiary/aromatic N) is 2. The van der Waals surface area contributed by atoms with Gasteiger partial charge in [-0.25, -0.2) is 13.4 Å². The van der Waals surface area contributed by atoms with Crippen LogP contribution in [0.3, 0.4) is 0 Å². The van der Waals surface area contributed by atoms with Crippen LogP contribution >= 0.6 is 0 Å². The Morgan fingerprint density at radius 3 is 2.17 bits per heavy atom. The first kappa shape index (κ1) is 25.4. The largest absolute Gasteiger partial charge is 0.486 e. The summed E-state index contributed by atoms with van der Waals surface area (Å²) in [7, 11) is -0.690. The van der Waals surface area contributed by atoms with Crippen molar-refractivity contribution in [3.05, 3.63) is 78.6 Å². The predicted octanol–water partition coefficient (Wildman–Crippen LogP) is 4.30. The summed E-state index contributed by atoms with van der Waals surface area (Å²) in [4.78, 5) is 16.6. The first-order valence-electron chi connectivity index (χ1n) is 11.5. The number of hydrogen-bond acceptors (Lipinski definition) is 6. The molecule has 0 saturated carbocycles. The van der Waals surface area contributed by atoms with Crippen LogP contribution in [0.2, 0.25) is 0 Å². The summed E-state index contributed by atoms with van der Waals surface area (Å²) in [5.74, 6) is 0.654. The van der Waals surface area contributed by atoms with Crippen molar-refractivity contribution in [1.29, 1.82) is 0 Å². The number of benzene rings is 3. The lowest BCUT2D eigenvalue weighted by Crippen LogP contribution is -2.44. The number of rotatable bonds is 9. The second kappa shape index (κ2) is 10.5. The number of imidazole rings is 1. The van der Waals surface area contributed by atoms with Crippen LogP contribution in [0.25, 0.3) is 22.2 Å². The molecular formula is C27H29N3O5S. The number of para-hydroxylation sites is 2. The zero-order valence-corrected chi connectivity index (χ0v) is 21.5. The molecule has 4 aromatic rings. The number of ether oxygens (including phenoxy) is 2. The van der Waals surface area contributed by atoms with Crippen LogP contribution in [0.5, 0.6) is 5.75 Å². The average Bonchev–Trinajstić information content (AvgIpc) is 3.21. The van der Waals surface area contributed by atoms with Crippen LogP contribution in [0.1, 0.15) is 19.7 Å². The van der Waals surface area contributed by atoms with Gasteiger partial charge in [-0.15, -0.1) is 0 Å². The Morgan fingerprint density at radius 1 is 0.972 bits per heavy atom. The van der Waals surface area contributed by atoms with E-state index in [1.54, 1.807) is 26.0 Å². The molecule has 1 aromatic heterocycles. The van der Waals surface area contributed by atoms with Crippen LogP contribution < -0.4 is 9.46 Å². The van der Waals surface area contributed by atoms with Gasteiger partial charge in [-0.3, -0.25) is 4.79 Å². The maximum atomic E-state index is 12.8. The minimum atomic E-state index is -3.89. The second-order valence-electron chi connectivity index (χ2n) is 8.78. The molecule has 0 aliphatic rings. The normalized spacial score (nSPS) is 12.6. The van der Waals surface area contributed by atoms with Crippen molar-refractivity contribution in [3.63, 3.8) is 0 Å². The zero-order chi connectivity index (χ0) is 25.9. The number of aromatic nitrogens is 2. The van der Waals surface area contributed by atoms with Gasteiger partial charge in [-0.05, 0) is 53.4 Å². The molecule has 0 saturated heterocycles. The molecule has 0 bridgehead atoms. The van der Waals surface area contributed by atoms with Gasteiger partial charge in [0.15, 0.2) is 0 Å². The van der Waals surface area contributed by atoms with E-state index in [1.165, 1.54) is 19.2 Å². The topological polar surface area (TPSA) is 99.5 Å². The van der Waals surface area contributed by atoms with Crippen LogP contribution in [-0.4, -0.2) is 37.1 Å². The first-order chi connectivity index (χ1) is 17.2. The highest BCUT2D eigenvalue weighted by Crippen LogP contribution is 2.25. The third-order valence-electron chi connectivity index (χ3n) is 6.00. The molecule has 9 heteroatoms. The minimum absolute atomic E-state index is 0.0724. The third-order valence-corrected chi connectivity index (χ3v) is 7.46. The van der Waals surface area contributed by atoms with E-state index >= 15 is 0 Å². The number of esters is 1. The Morgan fingerprint density at radius 2 is 1.58 bits per heavy atom. The van der Waals surface area contributed by atoms with Crippen molar-refractivity contribution < 1.29 is 22.7 Å². The molecule has 188 valence electrons. The summed E-state index contributed by atoms with van der Waals surface area (Å²) < 4.78 is 40.7. The van der Waals surface area contributed by atoms with Crippen molar-refractivity contribution in [2.75, 3.05) is 7.11 Å². The van der Waals surface area contributed by atoms with E-state index < -0.39 is 22.0 Å². The molecule has 0 spiro atoms. The molecule has 0 radical (unpaired) electrons. The Bertz CT molecular complexity index is 1460. The number of carbonyl (C=O) groups excluding carboxylic acids is 1. The molecule has 1 heterocycles. The summed E-state index contributed by atoms with van der Waals surface area (Å²) in [5, 5.41) is 0. The number of nitrogens with one attached hydrogen (secondary N) is 1. The Labute approximate surface area is 210 Å². The number of fused-ring (bicyclic) bond motifs is 1. The van der Waals surface area contributed by atoms with E-state index in [4.69, 9.17) is 9.47 Å². The van der Waals surface area contributed by atoms with Gasteiger partial charge in [0, 0.05) is 7.05 Å². The Hall–Kier alpha value is -3.69. The second-order valence-corrected chi connectivity index (χ2v) is 10.5. The third kappa shape index (κ3) is 5.42. The SMILES string of the molecule is COC(=O)[C@H](NS(=O)(=O)c1ccc(-c2ccc(OCc3nc4ccccc4n3C)cc2)cc1)C(C)C. The fourth-order valence-electron chi connectivity index (χ4n) is 3.86. The molecule has 1 atom stereocenters. The molecule has 0 aliphatic carbocycles. The highest BCUT2D eigenvalue weighted by Gasteiger charge is 2.29. The summed E-state index contributed by atoms with van der Waals surface area (Å²) in [6.07, 6.45) is 0. The van der Waals surface area contributed by atoms with Crippen LogP contribution in [0.4, 0.5) is 0 Å². The van der Waals surface area contributed by atoms with Gasteiger partial charge in [0.2, 0.25) is 10.0 Å². The van der Waals surface area contributed by atoms with Crippen molar-refractivity contribution in [3.8, 4) is 16.9 Å². The van der Waals surface area contributed by atoms with Crippen molar-refractivity contribution in [1.82, 2.24) is 14.3 Å². The fraction of sp³-hybridized carbons (Fsp3) is 0.259. The highest BCUT2D eigenvalue weighted by atomic mass is 32.2. The molecule has 3 aromatic carbocycles. The molecule has 4 rings (SSSR count). The zero-order valence-electron chi connectivity index (χ0n) is 20.6. The summed E-state index contributed by atoms with van der Waals surface area (Å²) in [5.41, 5.74) is 3.75. The van der Waals surface area contributed by atoms with Gasteiger partial charge in [-0.1, -0.05) is 50.2 Å². The molecule has 0 unspecified atom stereocenters. The minimum Gasteiger partial charge on any atom is -0.486 e. The van der Waals surface area contributed by atoms with Gasteiger partial charge in [0.1, 0.15) is 24.2 Å². The first-order valence-corrected chi connectivity index (χ1v) is 13.0. The predicted molar refractivity (Wildman–Crippen MR) is 138 cm³/mol. The van der Waals surface area contributed by atoms with Crippen LogP contribution in [0.15, 0.2) is 77.7 Å². The van der Waals surface area contributed by atoms with Crippen LogP contribution in [0, 0.1) is 5.92 Å². The van der Waals surface area contributed by atoms with E-state index in [1.807, 2.05) is 60.1 Å². The van der Waals surface area contributed by atoms with Crippen molar-refractivity contribution in [2.24, 2.45) is 13.0 Å². The molecule has 8 nitrogen and oxygen atoms in total. The van der Waals surface area contributed by atoms with Gasteiger partial charge < -0.3 is 14.0 Å². The summed E-state index contributed by atoms with van der Waals surface area (Å²) in [6.45, 7) is 3.84. The number of methoxy groups -OCH3 is 1. The maximum Gasteiger partial charge on any atom is 0.324 e. The van der Waals surface area contributed by atoms with E-state index in [2.05, 4.69) is 9.71 Å². The van der Waals surface area contributed by atoms with Gasteiger partial charge in [0.05, 0.1) is 23.0 Å². The molecular weight excluding hydrogens is 478 g/mol. The van der Waals surface area contributed by atoms with E-state index in [0.717, 1.165) is 28.0 Å². The van der Waals surface area contributed by atoms with Gasteiger partial charge >= 0.3 is 5.97 Å². The smallest absolute Gasteiger partial charge is 0.324 e. The quantitative estimate of drug-likeness (QED) is 0.339. The molecule has 1 N–H and O–H groups in total. The lowest BCUT2D eigenvalue weighted by atomic mass is 10.1. The van der Waals surface area contributed by atoms with E-state index in [0.29, 0.717) is 12.4 Å². The molecule has 36 heavy (non-hydrogen) atoms. The van der Waals surface area contributed by atoms with Crippen molar-refractivity contribution >= 4 is 27.0 Å². The Kier molecular flexibility index (Phi) is 7.42. The molecule has 0 amide bonds. The summed E-state index contributed by atoms with van der Waals surface area (Å²) in [6, 6.07) is 21.0. The van der Waals surface area contributed by atoms with E-state index in [-0.39, 0.29) is 10.8 Å². The number of sulfonamides is 1. The fourth-order valence-corrected chi connectivity index (χ4v) is 5.19. The average molecular weight is 508 g/mol. The molecule has 0 fully saturated rings.